The summed E-state index contributed by atoms with van der Waals surface area (Å²) in [5.41, 5.74) is 0. The monoisotopic (exact) mass is 802 g/mol. The maximum atomic E-state index is 4.70. The van der Waals surface area contributed by atoms with E-state index in [-0.39, 0.29) is 53.5 Å². The van der Waals surface area contributed by atoms with Crippen LogP contribution in [0.5, 0.6) is 0 Å². The molecule has 0 bridgehead atoms. The van der Waals surface area contributed by atoms with Crippen molar-refractivity contribution in [2.75, 3.05) is 0 Å². The van der Waals surface area contributed by atoms with Crippen LogP contribution in [0, 0.1) is 0 Å². The van der Waals surface area contributed by atoms with Gasteiger partial charge in [0.05, 0.1) is 0 Å². The van der Waals surface area contributed by atoms with E-state index < -0.39 is 15.8 Å². The Morgan fingerprint density at radius 2 is 0.419 bits per heavy atom. The zero-order chi connectivity index (χ0) is 28.5. The summed E-state index contributed by atoms with van der Waals surface area (Å²) in [6.07, 6.45) is 0. The van der Waals surface area contributed by atoms with Crippen LogP contribution >= 0.6 is 36.2 Å². The number of rotatable bonds is 6. The molecule has 0 radical (unpaired) electrons. The minimum Gasteiger partial charge on any atom is -1.00 e. The van der Waals surface area contributed by atoms with Gasteiger partial charge in [0.15, 0.2) is 0 Å². The molecule has 0 nitrogen and oxygen atoms in total. The summed E-state index contributed by atoms with van der Waals surface area (Å²) < 4.78 is 0. The Hall–Kier alpha value is -1.02. The summed E-state index contributed by atoms with van der Waals surface area (Å²) in [4.78, 5) is 0. The first-order chi connectivity index (χ1) is 20.3. The molecule has 0 aliphatic rings. The van der Waals surface area contributed by atoms with E-state index in [0.717, 1.165) is 0 Å². The molecular formula is C36H30Cl2INaNiP2. The van der Waals surface area contributed by atoms with Crippen molar-refractivity contribution in [3.05, 3.63) is 182 Å². The second kappa shape index (κ2) is 22.5. The van der Waals surface area contributed by atoms with Crippen molar-refractivity contribution in [3.63, 3.8) is 0 Å². The standard InChI is InChI=1S/2C18H15P.2ClH.HI.Na.Ni/c2*1-4-10-16(11-5-1)19(17-12-6-2-7-13-17)18-14-8-3-9-15-18;;;;;/h2*1-15H;3*1H;;/q;;;;;+1;+2/p-3. The summed E-state index contributed by atoms with van der Waals surface area (Å²) in [6, 6.07) is 64.7. The first-order valence-electron chi connectivity index (χ1n) is 13.0. The van der Waals surface area contributed by atoms with E-state index in [1.165, 1.54) is 31.8 Å². The normalized spacial score (nSPS) is 9.86. The predicted octanol–water partition coefficient (Wildman–Crippen LogP) is 2.27. The molecule has 0 aromatic heterocycles. The largest absolute Gasteiger partial charge is 1.00 e. The summed E-state index contributed by atoms with van der Waals surface area (Å²) in [6.45, 7) is 0. The van der Waals surface area contributed by atoms with E-state index in [0.29, 0.717) is 12.7 Å². The molecule has 0 amide bonds. The van der Waals surface area contributed by atoms with Gasteiger partial charge in [0.25, 0.3) is 0 Å². The Bertz CT molecular complexity index is 1210. The molecule has 0 saturated carbocycles. The van der Waals surface area contributed by atoms with E-state index in [4.69, 9.17) is 20.4 Å². The molecule has 216 valence electrons. The van der Waals surface area contributed by atoms with Gasteiger partial charge in [-0.15, -0.1) is 0 Å². The average Bonchev–Trinajstić information content (AvgIpc) is 3.05. The van der Waals surface area contributed by atoms with Gasteiger partial charge >= 0.3 is 62.6 Å². The van der Waals surface area contributed by atoms with Crippen molar-refractivity contribution >= 4 is 68.1 Å². The van der Waals surface area contributed by atoms with Crippen LogP contribution in [0.15, 0.2) is 182 Å². The number of hydrogen-bond donors (Lipinski definition) is 0. The van der Waals surface area contributed by atoms with Gasteiger partial charge in [-0.05, 0) is 47.7 Å². The van der Waals surface area contributed by atoms with Crippen molar-refractivity contribution in [2.45, 2.75) is 0 Å². The summed E-state index contributed by atoms with van der Waals surface area (Å²) >= 11 is 0.569. The van der Waals surface area contributed by atoms with E-state index in [9.17, 15) is 0 Å². The topological polar surface area (TPSA) is 0 Å². The van der Waals surface area contributed by atoms with Crippen molar-refractivity contribution in [2.24, 2.45) is 0 Å². The van der Waals surface area contributed by atoms with Gasteiger partial charge in [0.1, 0.15) is 0 Å². The van der Waals surface area contributed by atoms with Crippen LogP contribution in [-0.2, 0) is 12.7 Å². The molecule has 0 heterocycles. The Morgan fingerprint density at radius 1 is 0.302 bits per heavy atom. The number of hydrogen-bond acceptors (Lipinski definition) is 0. The van der Waals surface area contributed by atoms with Gasteiger partial charge in [-0.3, -0.25) is 0 Å². The predicted molar refractivity (Wildman–Crippen MR) is 182 cm³/mol. The Kier molecular flexibility index (Phi) is 20.0. The molecular weight excluding hydrogens is 774 g/mol. The molecule has 0 N–H and O–H groups in total. The first-order valence-corrected chi connectivity index (χ1v) is 18.4. The van der Waals surface area contributed by atoms with Gasteiger partial charge < -0.3 is 24.0 Å². The van der Waals surface area contributed by atoms with Crippen LogP contribution in [0.3, 0.4) is 0 Å². The fraction of sp³-hybridized carbons (Fsp3) is 0. The fourth-order valence-corrected chi connectivity index (χ4v) is 8.97. The van der Waals surface area contributed by atoms with Gasteiger partial charge in [-0.2, -0.15) is 0 Å². The molecule has 0 spiro atoms. The molecule has 6 rings (SSSR count). The third-order valence-electron chi connectivity index (χ3n) is 6.09. The molecule has 7 heteroatoms. The maximum Gasteiger partial charge on any atom is 1.00 e. The summed E-state index contributed by atoms with van der Waals surface area (Å²) in [5.74, 6) is 0. The summed E-state index contributed by atoms with van der Waals surface area (Å²) in [5, 5.41) is 8.39. The quantitative estimate of drug-likeness (QED) is 0.138. The van der Waals surface area contributed by atoms with E-state index >= 15 is 0 Å². The number of halogens is 3. The van der Waals surface area contributed by atoms with Crippen molar-refractivity contribution in [1.82, 2.24) is 0 Å². The molecule has 6 aromatic rings. The van der Waals surface area contributed by atoms with Crippen LogP contribution in [0.4, 0.5) is 0 Å². The van der Waals surface area contributed by atoms with Gasteiger partial charge in [0, 0.05) is 0 Å². The molecule has 0 saturated heterocycles. The fourth-order valence-electron chi connectivity index (χ4n) is 4.36. The van der Waals surface area contributed by atoms with Crippen LogP contribution in [0.25, 0.3) is 0 Å². The zero-order valence-corrected chi connectivity index (χ0v) is 32.1. The Morgan fingerprint density at radius 3 is 0.535 bits per heavy atom. The minimum atomic E-state index is -0.446. The van der Waals surface area contributed by atoms with Crippen LogP contribution in [-0.4, -0.2) is 0 Å². The third kappa shape index (κ3) is 12.4. The van der Waals surface area contributed by atoms with Crippen LogP contribution < -0.4 is 85.4 Å². The maximum absolute atomic E-state index is 4.70. The van der Waals surface area contributed by atoms with Gasteiger partial charge in [0.2, 0.25) is 0 Å². The molecule has 6 aromatic carbocycles. The molecule has 0 aliphatic carbocycles. The van der Waals surface area contributed by atoms with Gasteiger partial charge in [-0.25, -0.2) is 0 Å². The zero-order valence-electron chi connectivity index (χ0n) is 23.7. The molecule has 0 fully saturated rings. The van der Waals surface area contributed by atoms with Crippen LogP contribution in [0.2, 0.25) is 0 Å². The van der Waals surface area contributed by atoms with E-state index in [1.807, 2.05) is 0 Å². The Labute approximate surface area is 312 Å². The van der Waals surface area contributed by atoms with Crippen LogP contribution in [0.1, 0.15) is 0 Å². The van der Waals surface area contributed by atoms with Gasteiger partial charge in [-0.1, -0.05) is 182 Å². The Balaban J connectivity index is 0.000000264. The smallest absolute Gasteiger partial charge is 1.00 e. The first kappa shape index (κ1) is 38.2. The minimum absolute atomic E-state index is 0. The van der Waals surface area contributed by atoms with E-state index in [1.54, 1.807) is 0 Å². The second-order valence-electron chi connectivity index (χ2n) is 8.73. The molecule has 0 unspecified atom stereocenters. The van der Waals surface area contributed by atoms with E-state index in [2.05, 4.69) is 182 Å². The molecule has 43 heavy (non-hydrogen) atoms. The van der Waals surface area contributed by atoms with Crippen molar-refractivity contribution in [1.29, 1.82) is 0 Å². The number of benzene rings is 6. The van der Waals surface area contributed by atoms with Crippen molar-refractivity contribution < 1.29 is 66.2 Å². The molecule has 0 aliphatic heterocycles. The summed E-state index contributed by atoms with van der Waals surface area (Å²) in [7, 11) is 8.51. The second-order valence-corrected chi connectivity index (χ2v) is 14.8. The average molecular weight is 804 g/mol. The third-order valence-corrected chi connectivity index (χ3v) is 11.0. The van der Waals surface area contributed by atoms with Crippen molar-refractivity contribution in [3.8, 4) is 0 Å². The molecule has 0 atom stereocenters. The SMILES string of the molecule is [Cl][Ni][Cl].[I-].[Na+].c1ccc(P(c2ccccc2)c2ccccc2)cc1.c1ccc(P(c2ccccc2)c2ccccc2)cc1.